The monoisotopic (exact) mass is 197 g/mol. The molecule has 1 aliphatic rings. The molecular formula is C9H15N3O2. The smallest absolute Gasteiger partial charge is 0.229 e. The van der Waals surface area contributed by atoms with Gasteiger partial charge in [-0.05, 0) is 13.8 Å². The van der Waals surface area contributed by atoms with Gasteiger partial charge in [0.05, 0.1) is 12.0 Å². The van der Waals surface area contributed by atoms with Crippen molar-refractivity contribution in [2.24, 2.45) is 0 Å². The maximum Gasteiger partial charge on any atom is 0.229 e. The van der Waals surface area contributed by atoms with Gasteiger partial charge in [-0.25, -0.2) is 0 Å². The van der Waals surface area contributed by atoms with Crippen LogP contribution in [0.15, 0.2) is 4.52 Å². The van der Waals surface area contributed by atoms with E-state index in [4.69, 9.17) is 4.52 Å². The number of hydrogen-bond donors (Lipinski definition) is 2. The molecule has 2 heterocycles. The average molecular weight is 197 g/mol. The molecule has 5 heteroatoms. The Labute approximate surface area is 82.5 Å². The van der Waals surface area contributed by atoms with E-state index in [0.717, 1.165) is 18.9 Å². The first-order valence-corrected chi connectivity index (χ1v) is 4.80. The maximum absolute atomic E-state index is 9.55. The lowest BCUT2D eigenvalue weighted by atomic mass is 10.0. The van der Waals surface area contributed by atoms with Crippen LogP contribution in [0.3, 0.4) is 0 Å². The van der Waals surface area contributed by atoms with Crippen LogP contribution in [0.5, 0.6) is 0 Å². The summed E-state index contributed by atoms with van der Waals surface area (Å²) in [5.74, 6) is 1.65. The highest BCUT2D eigenvalue weighted by Crippen LogP contribution is 2.18. The minimum absolute atomic E-state index is 0.384. The van der Waals surface area contributed by atoms with E-state index in [9.17, 15) is 5.11 Å². The third-order valence-corrected chi connectivity index (χ3v) is 2.21. The second kappa shape index (κ2) is 3.33. The largest absolute Gasteiger partial charge is 0.390 e. The van der Waals surface area contributed by atoms with E-state index in [1.807, 2.05) is 0 Å². The van der Waals surface area contributed by atoms with Crippen molar-refractivity contribution in [1.82, 2.24) is 15.5 Å². The van der Waals surface area contributed by atoms with Gasteiger partial charge in [0, 0.05) is 19.0 Å². The second-order valence-corrected chi connectivity index (χ2v) is 4.39. The Hall–Kier alpha value is -0.940. The zero-order valence-electron chi connectivity index (χ0n) is 8.45. The second-order valence-electron chi connectivity index (χ2n) is 4.39. The number of aromatic nitrogens is 2. The first kappa shape index (κ1) is 9.61. The predicted octanol–water partition coefficient (Wildman–Crippen LogP) is 0.0698. The lowest BCUT2D eigenvalue weighted by molar-refractivity contribution is 0.0718. The van der Waals surface area contributed by atoms with Gasteiger partial charge in [-0.2, -0.15) is 4.98 Å². The summed E-state index contributed by atoms with van der Waals surface area (Å²) in [5.41, 5.74) is -0.790. The van der Waals surface area contributed by atoms with Crippen molar-refractivity contribution < 1.29 is 9.63 Å². The van der Waals surface area contributed by atoms with E-state index in [0.29, 0.717) is 18.2 Å². The Morgan fingerprint density at radius 3 is 2.79 bits per heavy atom. The van der Waals surface area contributed by atoms with E-state index in [1.54, 1.807) is 13.8 Å². The maximum atomic E-state index is 9.55. The number of hydrogen-bond acceptors (Lipinski definition) is 5. The lowest BCUT2D eigenvalue weighted by Crippen LogP contribution is -2.40. The number of nitrogens with zero attached hydrogens (tertiary/aromatic N) is 2. The molecule has 0 amide bonds. The molecule has 0 aromatic carbocycles. The standard InChI is InChI=1S/C9H15N3O2/c1-9(2,13)3-7-11-8(12-14-7)6-4-10-5-6/h6,10,13H,3-5H2,1-2H3. The molecule has 0 bridgehead atoms. The van der Waals surface area contributed by atoms with Crippen LogP contribution < -0.4 is 5.32 Å². The van der Waals surface area contributed by atoms with E-state index >= 15 is 0 Å². The highest BCUT2D eigenvalue weighted by atomic mass is 16.5. The Kier molecular flexibility index (Phi) is 2.28. The molecular weight excluding hydrogens is 182 g/mol. The Morgan fingerprint density at radius 1 is 1.57 bits per heavy atom. The molecule has 1 aliphatic heterocycles. The molecule has 14 heavy (non-hydrogen) atoms. The van der Waals surface area contributed by atoms with Crippen molar-refractivity contribution in [2.45, 2.75) is 31.8 Å². The van der Waals surface area contributed by atoms with Gasteiger partial charge in [-0.15, -0.1) is 0 Å². The Balaban J connectivity index is 2.02. The van der Waals surface area contributed by atoms with E-state index in [-0.39, 0.29) is 0 Å². The fraction of sp³-hybridized carbons (Fsp3) is 0.778. The van der Waals surface area contributed by atoms with Gasteiger partial charge in [-0.3, -0.25) is 0 Å². The fourth-order valence-electron chi connectivity index (χ4n) is 1.35. The number of aliphatic hydroxyl groups is 1. The normalized spacial score (nSPS) is 18.2. The number of nitrogens with one attached hydrogen (secondary N) is 1. The third kappa shape index (κ3) is 2.10. The molecule has 2 rings (SSSR count). The quantitative estimate of drug-likeness (QED) is 0.717. The molecule has 0 atom stereocenters. The van der Waals surface area contributed by atoms with Gasteiger partial charge < -0.3 is 14.9 Å². The topological polar surface area (TPSA) is 71.2 Å². The molecule has 0 saturated carbocycles. The van der Waals surface area contributed by atoms with Crippen molar-refractivity contribution in [3.05, 3.63) is 11.7 Å². The Bertz CT molecular complexity index is 312. The van der Waals surface area contributed by atoms with Gasteiger partial charge in [-0.1, -0.05) is 5.16 Å². The van der Waals surface area contributed by atoms with E-state index in [2.05, 4.69) is 15.5 Å². The van der Waals surface area contributed by atoms with Crippen LogP contribution in [-0.2, 0) is 6.42 Å². The molecule has 2 N–H and O–H groups in total. The molecule has 78 valence electrons. The molecule has 1 aromatic heterocycles. The minimum Gasteiger partial charge on any atom is -0.390 e. The lowest BCUT2D eigenvalue weighted by Gasteiger charge is -2.23. The van der Waals surface area contributed by atoms with Crippen molar-refractivity contribution in [2.75, 3.05) is 13.1 Å². The molecule has 0 radical (unpaired) electrons. The third-order valence-electron chi connectivity index (χ3n) is 2.21. The van der Waals surface area contributed by atoms with Crippen LogP contribution in [-0.4, -0.2) is 33.9 Å². The summed E-state index contributed by atoms with van der Waals surface area (Å²) in [5, 5.41) is 16.6. The summed E-state index contributed by atoms with van der Waals surface area (Å²) in [4.78, 5) is 4.24. The molecule has 5 nitrogen and oxygen atoms in total. The van der Waals surface area contributed by atoms with Crippen LogP contribution in [0.4, 0.5) is 0 Å². The molecule has 0 aliphatic carbocycles. The van der Waals surface area contributed by atoms with Gasteiger partial charge in [0.15, 0.2) is 5.82 Å². The molecule has 1 fully saturated rings. The van der Waals surface area contributed by atoms with Crippen molar-refractivity contribution in [1.29, 1.82) is 0 Å². The van der Waals surface area contributed by atoms with Crippen molar-refractivity contribution in [3.8, 4) is 0 Å². The summed E-state index contributed by atoms with van der Waals surface area (Å²) in [6, 6.07) is 0. The SMILES string of the molecule is CC(C)(O)Cc1nc(C2CNC2)no1. The van der Waals surface area contributed by atoms with Gasteiger partial charge in [0.25, 0.3) is 0 Å². The average Bonchev–Trinajstić information content (AvgIpc) is 2.28. The van der Waals surface area contributed by atoms with Crippen LogP contribution in [0.1, 0.15) is 31.5 Å². The summed E-state index contributed by atoms with van der Waals surface area (Å²) >= 11 is 0. The van der Waals surface area contributed by atoms with Gasteiger partial charge in [0.1, 0.15) is 0 Å². The van der Waals surface area contributed by atoms with E-state index < -0.39 is 5.60 Å². The zero-order chi connectivity index (χ0) is 10.2. The summed E-state index contributed by atoms with van der Waals surface area (Å²) < 4.78 is 5.05. The van der Waals surface area contributed by atoms with Gasteiger partial charge in [0.2, 0.25) is 5.89 Å². The van der Waals surface area contributed by atoms with Crippen LogP contribution in [0.25, 0.3) is 0 Å². The molecule has 1 saturated heterocycles. The first-order chi connectivity index (χ1) is 6.54. The van der Waals surface area contributed by atoms with E-state index in [1.165, 1.54) is 0 Å². The molecule has 1 aromatic rings. The summed E-state index contributed by atoms with van der Waals surface area (Å²) in [7, 11) is 0. The van der Waals surface area contributed by atoms with Crippen LogP contribution in [0, 0.1) is 0 Å². The highest BCUT2D eigenvalue weighted by Gasteiger charge is 2.25. The van der Waals surface area contributed by atoms with Crippen LogP contribution in [0.2, 0.25) is 0 Å². The molecule has 0 unspecified atom stereocenters. The summed E-state index contributed by atoms with van der Waals surface area (Å²) in [6.07, 6.45) is 0.403. The first-order valence-electron chi connectivity index (χ1n) is 4.80. The van der Waals surface area contributed by atoms with Gasteiger partial charge >= 0.3 is 0 Å². The van der Waals surface area contributed by atoms with Crippen LogP contribution >= 0.6 is 0 Å². The predicted molar refractivity (Wildman–Crippen MR) is 49.9 cm³/mol. The zero-order valence-corrected chi connectivity index (χ0v) is 8.45. The van der Waals surface area contributed by atoms with Crippen molar-refractivity contribution >= 4 is 0 Å². The molecule has 0 spiro atoms. The summed E-state index contributed by atoms with van der Waals surface area (Å²) in [6.45, 7) is 5.28. The number of rotatable bonds is 3. The fourth-order valence-corrected chi connectivity index (χ4v) is 1.35. The Morgan fingerprint density at radius 2 is 2.29 bits per heavy atom. The highest BCUT2D eigenvalue weighted by molar-refractivity contribution is 5.03. The van der Waals surface area contributed by atoms with Crippen molar-refractivity contribution in [3.63, 3.8) is 0 Å². The minimum atomic E-state index is -0.790.